The van der Waals surface area contributed by atoms with Crippen molar-refractivity contribution in [2.75, 3.05) is 26.6 Å². The van der Waals surface area contributed by atoms with Crippen LogP contribution in [0, 0.1) is 0 Å². The molecule has 1 amide bonds. The van der Waals surface area contributed by atoms with Gasteiger partial charge in [-0.2, -0.15) is 0 Å². The molecule has 2 atom stereocenters. The van der Waals surface area contributed by atoms with Crippen LogP contribution < -0.4 is 5.73 Å². The van der Waals surface area contributed by atoms with Gasteiger partial charge in [0, 0.05) is 20.0 Å². The van der Waals surface area contributed by atoms with E-state index in [-0.39, 0.29) is 12.3 Å². The number of carbonyl (C=O) groups excluding carboxylic acids is 2. The Bertz CT molecular complexity index is 958. The van der Waals surface area contributed by atoms with Gasteiger partial charge in [-0.25, -0.2) is 4.79 Å². The van der Waals surface area contributed by atoms with E-state index in [0.29, 0.717) is 11.3 Å². The lowest BCUT2D eigenvalue weighted by molar-refractivity contribution is -0.184. The molecule has 0 radical (unpaired) electrons. The van der Waals surface area contributed by atoms with Crippen molar-refractivity contribution in [1.29, 1.82) is 0 Å². The van der Waals surface area contributed by atoms with Crippen LogP contribution in [-0.4, -0.2) is 54.5 Å². The second-order valence-electron chi connectivity index (χ2n) is 7.33. The smallest absolute Gasteiger partial charge is 0.356 e. The predicted octanol–water partition coefficient (Wildman–Crippen LogP) is 2.44. The molecule has 4 rings (SSSR count). The third-order valence-electron chi connectivity index (χ3n) is 5.42. The Kier molecular flexibility index (Phi) is 6.15. The lowest BCUT2D eigenvalue weighted by atomic mass is 9.99. The normalized spacial score (nSPS) is 22.9. The van der Waals surface area contributed by atoms with Crippen LogP contribution in [0.25, 0.3) is 0 Å². The quantitative estimate of drug-likeness (QED) is 0.402. The van der Waals surface area contributed by atoms with Crippen LogP contribution in [0.15, 0.2) is 71.9 Å². The molecule has 1 fully saturated rings. The van der Waals surface area contributed by atoms with Crippen molar-refractivity contribution in [3.8, 4) is 0 Å². The molecule has 2 N–H and O–H groups in total. The SMILES string of the molecule is COCC1=C(C(=O)OC(c2ccccc2)c2ccccc2)N2C(=O)[C@](N)(OC)[C@@H]2SC1. The fourth-order valence-corrected chi connectivity index (χ4v) is 5.20. The maximum atomic E-state index is 13.5. The Morgan fingerprint density at radius 2 is 1.71 bits per heavy atom. The van der Waals surface area contributed by atoms with E-state index in [1.165, 1.54) is 23.8 Å². The molecule has 0 bridgehead atoms. The first-order valence-electron chi connectivity index (χ1n) is 9.82. The maximum Gasteiger partial charge on any atom is 0.356 e. The number of ether oxygens (including phenoxy) is 3. The third-order valence-corrected chi connectivity index (χ3v) is 6.82. The van der Waals surface area contributed by atoms with E-state index in [0.717, 1.165) is 11.1 Å². The second kappa shape index (κ2) is 8.84. The molecular formula is C23H24N2O5S. The monoisotopic (exact) mass is 440 g/mol. The van der Waals surface area contributed by atoms with Crippen molar-refractivity contribution in [3.05, 3.63) is 83.1 Å². The minimum absolute atomic E-state index is 0.186. The number of hydrogen-bond donors (Lipinski definition) is 1. The minimum atomic E-state index is -1.45. The number of carbonyl (C=O) groups is 2. The zero-order chi connectivity index (χ0) is 22.0. The number of esters is 1. The summed E-state index contributed by atoms with van der Waals surface area (Å²) in [7, 11) is 2.94. The van der Waals surface area contributed by atoms with Gasteiger partial charge in [-0.15, -0.1) is 11.8 Å². The number of rotatable bonds is 7. The molecule has 7 nitrogen and oxygen atoms in total. The number of thioether (sulfide) groups is 1. The number of methoxy groups -OCH3 is 2. The number of nitrogens with two attached hydrogens (primary N) is 1. The number of nitrogens with zero attached hydrogens (tertiary/aromatic N) is 1. The summed E-state index contributed by atoms with van der Waals surface area (Å²) in [6, 6.07) is 19.0. The summed E-state index contributed by atoms with van der Waals surface area (Å²) in [4.78, 5) is 27.7. The van der Waals surface area contributed by atoms with Crippen LogP contribution in [0.3, 0.4) is 0 Å². The van der Waals surface area contributed by atoms with Gasteiger partial charge in [0.15, 0.2) is 6.10 Å². The fourth-order valence-electron chi connectivity index (χ4n) is 3.82. The summed E-state index contributed by atoms with van der Waals surface area (Å²) in [5.41, 5.74) is 7.20. The molecule has 2 heterocycles. The van der Waals surface area contributed by atoms with Crippen molar-refractivity contribution in [2.45, 2.75) is 17.2 Å². The minimum Gasteiger partial charge on any atom is -0.448 e. The average molecular weight is 441 g/mol. The van der Waals surface area contributed by atoms with E-state index < -0.39 is 29.1 Å². The molecule has 0 saturated carbocycles. The van der Waals surface area contributed by atoms with Gasteiger partial charge < -0.3 is 14.2 Å². The van der Waals surface area contributed by atoms with Gasteiger partial charge >= 0.3 is 5.97 Å². The molecule has 31 heavy (non-hydrogen) atoms. The molecule has 2 aromatic carbocycles. The Morgan fingerprint density at radius 1 is 1.13 bits per heavy atom. The van der Waals surface area contributed by atoms with E-state index in [4.69, 9.17) is 19.9 Å². The lowest BCUT2D eigenvalue weighted by Gasteiger charge is -2.54. The summed E-state index contributed by atoms with van der Waals surface area (Å²) in [5.74, 6) is -0.582. The number of β-lactam (4-membered cyclic amide) rings is 1. The van der Waals surface area contributed by atoms with Crippen LogP contribution in [-0.2, 0) is 23.8 Å². The number of benzene rings is 2. The average Bonchev–Trinajstić information content (AvgIpc) is 2.82. The molecule has 2 aliphatic rings. The van der Waals surface area contributed by atoms with Gasteiger partial charge in [-0.1, -0.05) is 60.7 Å². The molecule has 0 aliphatic carbocycles. The summed E-state index contributed by atoms with van der Waals surface area (Å²) < 4.78 is 16.5. The fraction of sp³-hybridized carbons (Fsp3) is 0.304. The summed E-state index contributed by atoms with van der Waals surface area (Å²) >= 11 is 1.44. The summed E-state index contributed by atoms with van der Waals surface area (Å²) in [6.07, 6.45) is -0.624. The number of amides is 1. The molecule has 0 spiro atoms. The highest BCUT2D eigenvalue weighted by atomic mass is 32.2. The second-order valence-corrected chi connectivity index (χ2v) is 8.40. The zero-order valence-electron chi connectivity index (χ0n) is 17.3. The molecule has 2 aliphatic heterocycles. The van der Waals surface area contributed by atoms with Crippen LogP contribution in [0.1, 0.15) is 17.2 Å². The van der Waals surface area contributed by atoms with Gasteiger partial charge in [0.2, 0.25) is 5.72 Å². The first-order chi connectivity index (χ1) is 15.0. The van der Waals surface area contributed by atoms with E-state index >= 15 is 0 Å². The number of fused-ring (bicyclic) bond motifs is 1. The van der Waals surface area contributed by atoms with Crippen LogP contribution in [0.4, 0.5) is 0 Å². The highest BCUT2D eigenvalue weighted by molar-refractivity contribution is 8.00. The Hall–Kier alpha value is -2.65. The topological polar surface area (TPSA) is 91.1 Å². The Morgan fingerprint density at radius 3 is 2.23 bits per heavy atom. The van der Waals surface area contributed by atoms with E-state index in [1.54, 1.807) is 7.11 Å². The van der Waals surface area contributed by atoms with E-state index in [2.05, 4.69) is 0 Å². The first-order valence-corrected chi connectivity index (χ1v) is 10.9. The standard InChI is InChI=1S/C23H24N2O5S/c1-28-13-17-14-31-22-23(24,29-2)21(27)25(22)18(17)20(26)30-19(15-9-5-3-6-10-15)16-11-7-4-8-12-16/h3-12,19,22H,13-14,24H2,1-2H3/t22-,23-/m0/s1. The summed E-state index contributed by atoms with van der Waals surface area (Å²) in [6.45, 7) is 0.208. The molecule has 0 aromatic heterocycles. The van der Waals surface area contributed by atoms with E-state index in [1.807, 2.05) is 60.7 Å². The number of hydrogen-bond acceptors (Lipinski definition) is 7. The lowest BCUT2D eigenvalue weighted by Crippen LogP contribution is -2.78. The molecule has 0 unspecified atom stereocenters. The zero-order valence-corrected chi connectivity index (χ0v) is 18.1. The first kappa shape index (κ1) is 21.6. The van der Waals surface area contributed by atoms with Crippen molar-refractivity contribution in [2.24, 2.45) is 5.73 Å². The van der Waals surface area contributed by atoms with Gasteiger partial charge in [0.05, 0.1) is 6.61 Å². The van der Waals surface area contributed by atoms with Crippen molar-refractivity contribution in [3.63, 3.8) is 0 Å². The Balaban J connectivity index is 1.69. The Labute approximate surface area is 185 Å². The van der Waals surface area contributed by atoms with Gasteiger partial charge in [0.1, 0.15) is 11.1 Å². The highest BCUT2D eigenvalue weighted by Crippen LogP contribution is 2.46. The maximum absolute atomic E-state index is 13.5. The summed E-state index contributed by atoms with van der Waals surface area (Å²) in [5, 5.41) is -0.500. The van der Waals surface area contributed by atoms with Crippen LogP contribution >= 0.6 is 11.8 Å². The molecule has 1 saturated heterocycles. The van der Waals surface area contributed by atoms with Gasteiger partial charge in [-0.3, -0.25) is 15.4 Å². The molecular weight excluding hydrogens is 416 g/mol. The van der Waals surface area contributed by atoms with Gasteiger partial charge in [0.25, 0.3) is 5.91 Å². The van der Waals surface area contributed by atoms with Crippen molar-refractivity contribution < 1.29 is 23.8 Å². The third kappa shape index (κ3) is 3.76. The van der Waals surface area contributed by atoms with Crippen LogP contribution in [0.2, 0.25) is 0 Å². The van der Waals surface area contributed by atoms with Crippen molar-refractivity contribution >= 4 is 23.6 Å². The van der Waals surface area contributed by atoms with Gasteiger partial charge in [-0.05, 0) is 16.7 Å². The van der Waals surface area contributed by atoms with Crippen molar-refractivity contribution in [1.82, 2.24) is 4.90 Å². The largest absolute Gasteiger partial charge is 0.448 e. The predicted molar refractivity (Wildman–Crippen MR) is 117 cm³/mol. The molecule has 8 heteroatoms. The molecule has 162 valence electrons. The van der Waals surface area contributed by atoms with Crippen LogP contribution in [0.5, 0.6) is 0 Å². The molecule has 2 aromatic rings. The highest BCUT2D eigenvalue weighted by Gasteiger charge is 2.63. The van der Waals surface area contributed by atoms with E-state index in [9.17, 15) is 9.59 Å².